The summed E-state index contributed by atoms with van der Waals surface area (Å²) in [6.45, 7) is 5.64. The van der Waals surface area contributed by atoms with Crippen molar-refractivity contribution >= 4 is 23.9 Å². The van der Waals surface area contributed by atoms with Crippen LogP contribution in [0.15, 0.2) is 24.3 Å². The normalized spacial score (nSPS) is 19.0. The first-order valence-electron chi connectivity index (χ1n) is 8.94. The number of hydrogen-bond donors (Lipinski definition) is 0. The molecule has 1 aromatic rings. The van der Waals surface area contributed by atoms with Gasteiger partial charge in [-0.3, -0.25) is 9.59 Å². The van der Waals surface area contributed by atoms with Gasteiger partial charge in [0.15, 0.2) is 0 Å². The number of carbonyl (C=O) groups excluding carboxylic acids is 4. The number of imide groups is 1. The summed E-state index contributed by atoms with van der Waals surface area (Å²) in [5.41, 5.74) is -0.221. The summed E-state index contributed by atoms with van der Waals surface area (Å²) >= 11 is 0. The zero-order valence-electron chi connectivity index (χ0n) is 16.0. The van der Waals surface area contributed by atoms with Crippen LogP contribution in [0.2, 0.25) is 0 Å². The van der Waals surface area contributed by atoms with Gasteiger partial charge in [-0.1, -0.05) is 17.2 Å². The van der Waals surface area contributed by atoms with Crippen molar-refractivity contribution in [3.8, 4) is 0 Å². The molecule has 1 atom stereocenters. The minimum Gasteiger partial charge on any atom is -0.444 e. The van der Waals surface area contributed by atoms with Gasteiger partial charge in [-0.25, -0.2) is 9.59 Å². The lowest BCUT2D eigenvalue weighted by Crippen LogP contribution is -2.37. The van der Waals surface area contributed by atoms with E-state index in [1.807, 2.05) is 0 Å². The molecule has 2 aliphatic heterocycles. The SMILES string of the molecule is CC(C)(C)OC(=O)N1CC[C@H](OCC(=O)ON2C(=O)c3ccccc3C2=O)C1. The molecular formula is C19H22N2O7. The quantitative estimate of drug-likeness (QED) is 0.722. The number of fused-ring (bicyclic) bond motifs is 1. The summed E-state index contributed by atoms with van der Waals surface area (Å²) in [7, 11) is 0. The number of benzene rings is 1. The topological polar surface area (TPSA) is 102 Å². The van der Waals surface area contributed by atoms with E-state index in [1.165, 1.54) is 17.0 Å². The molecular weight excluding hydrogens is 368 g/mol. The third-order valence-corrected chi connectivity index (χ3v) is 4.18. The van der Waals surface area contributed by atoms with E-state index in [0.29, 0.717) is 18.0 Å². The lowest BCUT2D eigenvalue weighted by Gasteiger charge is -2.24. The first-order valence-corrected chi connectivity index (χ1v) is 8.94. The number of rotatable bonds is 4. The fourth-order valence-corrected chi connectivity index (χ4v) is 2.92. The largest absolute Gasteiger partial charge is 0.444 e. The lowest BCUT2D eigenvalue weighted by molar-refractivity contribution is -0.175. The Morgan fingerprint density at radius 1 is 1.11 bits per heavy atom. The first-order chi connectivity index (χ1) is 13.2. The molecule has 9 nitrogen and oxygen atoms in total. The van der Waals surface area contributed by atoms with Crippen molar-refractivity contribution < 1.29 is 33.5 Å². The van der Waals surface area contributed by atoms with Crippen molar-refractivity contribution in [2.75, 3.05) is 19.7 Å². The van der Waals surface area contributed by atoms with Crippen molar-refractivity contribution in [3.63, 3.8) is 0 Å². The van der Waals surface area contributed by atoms with Crippen LogP contribution in [-0.2, 0) is 19.1 Å². The van der Waals surface area contributed by atoms with Gasteiger partial charge in [0, 0.05) is 6.54 Å². The van der Waals surface area contributed by atoms with Gasteiger partial charge < -0.3 is 19.2 Å². The Kier molecular flexibility index (Phi) is 5.37. The van der Waals surface area contributed by atoms with Crippen LogP contribution in [0.3, 0.4) is 0 Å². The molecule has 0 saturated carbocycles. The van der Waals surface area contributed by atoms with Gasteiger partial charge in [0.2, 0.25) is 0 Å². The van der Waals surface area contributed by atoms with Crippen LogP contribution in [0, 0.1) is 0 Å². The van der Waals surface area contributed by atoms with Gasteiger partial charge in [-0.2, -0.15) is 0 Å². The molecule has 0 aromatic heterocycles. The number of hydroxylamine groups is 2. The number of ether oxygens (including phenoxy) is 2. The standard InChI is InChI=1S/C19H22N2O7/c1-19(2,3)27-18(25)20-9-8-12(10-20)26-11-15(22)28-21-16(23)13-6-4-5-7-14(13)17(21)24/h4-7,12H,8-11H2,1-3H3/t12-/m0/s1. The summed E-state index contributed by atoms with van der Waals surface area (Å²) in [5, 5.41) is 0.442. The van der Waals surface area contributed by atoms with Crippen LogP contribution in [0.4, 0.5) is 4.79 Å². The van der Waals surface area contributed by atoms with E-state index in [9.17, 15) is 19.2 Å². The Balaban J connectivity index is 1.46. The molecule has 0 N–H and O–H groups in total. The number of nitrogens with zero attached hydrogens (tertiary/aromatic N) is 2. The van der Waals surface area contributed by atoms with Crippen molar-refractivity contribution in [3.05, 3.63) is 35.4 Å². The van der Waals surface area contributed by atoms with Gasteiger partial charge in [-0.05, 0) is 39.3 Å². The van der Waals surface area contributed by atoms with Crippen LogP contribution >= 0.6 is 0 Å². The summed E-state index contributed by atoms with van der Waals surface area (Å²) in [5.74, 6) is -2.25. The van der Waals surface area contributed by atoms with Gasteiger partial charge in [0.05, 0.1) is 23.8 Å². The monoisotopic (exact) mass is 390 g/mol. The van der Waals surface area contributed by atoms with Crippen molar-refractivity contribution in [2.24, 2.45) is 0 Å². The van der Waals surface area contributed by atoms with Crippen LogP contribution in [-0.4, -0.2) is 65.2 Å². The highest BCUT2D eigenvalue weighted by molar-refractivity contribution is 6.20. The Bertz CT molecular complexity index is 780. The van der Waals surface area contributed by atoms with E-state index in [4.69, 9.17) is 14.3 Å². The summed E-state index contributed by atoms with van der Waals surface area (Å²) < 4.78 is 10.8. The maximum atomic E-state index is 12.2. The molecule has 3 amide bonds. The predicted molar refractivity (Wildman–Crippen MR) is 95.2 cm³/mol. The van der Waals surface area contributed by atoms with Crippen molar-refractivity contribution in [2.45, 2.75) is 38.9 Å². The number of likely N-dealkylation sites (tertiary alicyclic amines) is 1. The minimum absolute atomic E-state index is 0.185. The second kappa shape index (κ2) is 7.59. The zero-order chi connectivity index (χ0) is 20.5. The molecule has 150 valence electrons. The Morgan fingerprint density at radius 3 is 2.29 bits per heavy atom. The van der Waals surface area contributed by atoms with Crippen molar-refractivity contribution in [1.29, 1.82) is 0 Å². The fraction of sp³-hybridized carbons (Fsp3) is 0.474. The minimum atomic E-state index is -0.870. The molecule has 3 rings (SSSR count). The average molecular weight is 390 g/mol. The molecule has 0 bridgehead atoms. The Labute approximate surface area is 162 Å². The van der Waals surface area contributed by atoms with Gasteiger partial charge >= 0.3 is 12.1 Å². The first kappa shape index (κ1) is 19.8. The van der Waals surface area contributed by atoms with E-state index in [2.05, 4.69) is 0 Å². The molecule has 2 heterocycles. The highest BCUT2D eigenvalue weighted by Crippen LogP contribution is 2.23. The number of amides is 3. The Hall–Kier alpha value is -2.94. The maximum Gasteiger partial charge on any atom is 0.410 e. The van der Waals surface area contributed by atoms with Gasteiger partial charge in [-0.15, -0.1) is 0 Å². The van der Waals surface area contributed by atoms with Crippen LogP contribution in [0.5, 0.6) is 0 Å². The predicted octanol–water partition coefficient (Wildman–Crippen LogP) is 1.77. The molecule has 9 heteroatoms. The van der Waals surface area contributed by atoms with E-state index < -0.39 is 36.1 Å². The van der Waals surface area contributed by atoms with Gasteiger partial charge in [0.1, 0.15) is 12.2 Å². The summed E-state index contributed by atoms with van der Waals surface area (Å²) in [6.07, 6.45) is -0.256. The zero-order valence-corrected chi connectivity index (χ0v) is 16.0. The molecule has 1 fully saturated rings. The molecule has 0 aliphatic carbocycles. The molecule has 1 saturated heterocycles. The number of hydrogen-bond acceptors (Lipinski definition) is 7. The van der Waals surface area contributed by atoms with E-state index in [0.717, 1.165) is 0 Å². The molecule has 1 aromatic carbocycles. The summed E-state index contributed by atoms with van der Waals surface area (Å²) in [6, 6.07) is 6.22. The second-order valence-electron chi connectivity index (χ2n) is 7.56. The molecule has 28 heavy (non-hydrogen) atoms. The van der Waals surface area contributed by atoms with Crippen LogP contribution in [0.25, 0.3) is 0 Å². The molecule has 0 spiro atoms. The van der Waals surface area contributed by atoms with E-state index in [1.54, 1.807) is 32.9 Å². The number of carbonyl (C=O) groups is 4. The fourth-order valence-electron chi connectivity index (χ4n) is 2.92. The molecule has 0 radical (unpaired) electrons. The molecule has 2 aliphatic rings. The lowest BCUT2D eigenvalue weighted by atomic mass is 10.1. The highest BCUT2D eigenvalue weighted by atomic mass is 16.7. The average Bonchev–Trinajstić information content (AvgIpc) is 3.19. The smallest absolute Gasteiger partial charge is 0.410 e. The molecule has 0 unspecified atom stereocenters. The highest BCUT2D eigenvalue weighted by Gasteiger charge is 2.39. The summed E-state index contributed by atoms with van der Waals surface area (Å²) in [4.78, 5) is 54.7. The Morgan fingerprint density at radius 2 is 1.71 bits per heavy atom. The van der Waals surface area contributed by atoms with Gasteiger partial charge in [0.25, 0.3) is 11.8 Å². The van der Waals surface area contributed by atoms with E-state index >= 15 is 0 Å². The van der Waals surface area contributed by atoms with Crippen molar-refractivity contribution in [1.82, 2.24) is 9.96 Å². The second-order valence-corrected chi connectivity index (χ2v) is 7.56. The maximum absolute atomic E-state index is 12.2. The van der Waals surface area contributed by atoms with Crippen LogP contribution in [0.1, 0.15) is 47.9 Å². The van der Waals surface area contributed by atoms with E-state index in [-0.39, 0.29) is 23.8 Å². The van der Waals surface area contributed by atoms with Crippen LogP contribution < -0.4 is 0 Å². The third-order valence-electron chi connectivity index (χ3n) is 4.18. The third kappa shape index (κ3) is 4.30.